The molecule has 0 saturated carbocycles. The third-order valence-electron chi connectivity index (χ3n) is 5.38. The van der Waals surface area contributed by atoms with Gasteiger partial charge in [0.25, 0.3) is 0 Å². The van der Waals surface area contributed by atoms with Crippen molar-refractivity contribution in [2.24, 2.45) is 0 Å². The SMILES string of the molecule is CC(C)N1C[C@H]2CCC[C@@H](C1)[N+]2(C)C(C)C. The van der Waals surface area contributed by atoms with E-state index < -0.39 is 0 Å². The maximum atomic E-state index is 2.71. The Morgan fingerprint density at radius 3 is 1.88 bits per heavy atom. The molecule has 1 unspecified atom stereocenters. The van der Waals surface area contributed by atoms with Gasteiger partial charge < -0.3 is 4.48 Å². The third kappa shape index (κ3) is 1.80. The molecule has 0 aromatic carbocycles. The molecule has 2 heterocycles. The lowest BCUT2D eigenvalue weighted by Gasteiger charge is -2.59. The van der Waals surface area contributed by atoms with Crippen molar-refractivity contribution in [3.8, 4) is 0 Å². The van der Waals surface area contributed by atoms with E-state index in [4.69, 9.17) is 0 Å². The number of likely N-dealkylation sites (tertiary alicyclic amines) is 1. The molecule has 0 N–H and O–H groups in total. The van der Waals surface area contributed by atoms with E-state index in [1.165, 1.54) is 36.8 Å². The van der Waals surface area contributed by atoms with Crippen molar-refractivity contribution >= 4 is 0 Å². The number of quaternary nitrogens is 1. The fourth-order valence-electron chi connectivity index (χ4n) is 3.86. The number of rotatable bonds is 2. The van der Waals surface area contributed by atoms with Gasteiger partial charge in [0.2, 0.25) is 0 Å². The molecule has 2 saturated heterocycles. The van der Waals surface area contributed by atoms with Gasteiger partial charge in [0.15, 0.2) is 0 Å². The van der Waals surface area contributed by atoms with Crippen LogP contribution in [-0.2, 0) is 0 Å². The van der Waals surface area contributed by atoms with E-state index >= 15 is 0 Å². The van der Waals surface area contributed by atoms with Crippen molar-refractivity contribution in [1.29, 1.82) is 0 Å². The van der Waals surface area contributed by atoms with Crippen LogP contribution in [0.25, 0.3) is 0 Å². The minimum absolute atomic E-state index is 0.726. The van der Waals surface area contributed by atoms with E-state index in [9.17, 15) is 0 Å². The van der Waals surface area contributed by atoms with Crippen molar-refractivity contribution in [1.82, 2.24) is 4.90 Å². The monoisotopic (exact) mass is 225 g/mol. The Hall–Kier alpha value is -0.0800. The maximum Gasteiger partial charge on any atom is 0.102 e. The summed E-state index contributed by atoms with van der Waals surface area (Å²) < 4.78 is 1.34. The zero-order valence-electron chi connectivity index (χ0n) is 11.7. The Balaban J connectivity index is 2.20. The number of likely N-dealkylation sites (N-methyl/N-ethyl adjacent to an activating group) is 1. The van der Waals surface area contributed by atoms with E-state index in [1.807, 2.05) is 0 Å². The molecular formula is C14H29N2+. The molecule has 2 aliphatic rings. The molecule has 0 aromatic rings. The van der Waals surface area contributed by atoms with Crippen LogP contribution in [0.15, 0.2) is 0 Å². The van der Waals surface area contributed by atoms with Crippen molar-refractivity contribution in [2.75, 3.05) is 20.1 Å². The number of hydrogen-bond donors (Lipinski definition) is 0. The van der Waals surface area contributed by atoms with Crippen molar-refractivity contribution in [3.05, 3.63) is 0 Å². The lowest BCUT2D eigenvalue weighted by Crippen LogP contribution is -2.73. The number of nitrogens with zero attached hydrogens (tertiary/aromatic N) is 2. The Bertz CT molecular complexity index is 233. The van der Waals surface area contributed by atoms with Gasteiger partial charge in [0.05, 0.1) is 26.2 Å². The van der Waals surface area contributed by atoms with E-state index in [0.717, 1.165) is 24.2 Å². The highest BCUT2D eigenvalue weighted by atomic mass is 15.5. The Morgan fingerprint density at radius 2 is 1.50 bits per heavy atom. The maximum absolute atomic E-state index is 2.71. The van der Waals surface area contributed by atoms with Gasteiger partial charge in [-0.25, -0.2) is 0 Å². The van der Waals surface area contributed by atoms with Crippen LogP contribution >= 0.6 is 0 Å². The van der Waals surface area contributed by atoms with Crippen molar-refractivity contribution < 1.29 is 4.48 Å². The third-order valence-corrected chi connectivity index (χ3v) is 5.38. The summed E-state index contributed by atoms with van der Waals surface area (Å²) in [4.78, 5) is 2.71. The first kappa shape index (κ1) is 12.4. The molecule has 2 aliphatic heterocycles. The first-order valence-corrected chi connectivity index (χ1v) is 7.05. The number of fused-ring (bicyclic) bond motifs is 2. The minimum Gasteiger partial charge on any atom is -0.317 e. The van der Waals surface area contributed by atoms with E-state index in [0.29, 0.717) is 0 Å². The molecule has 2 rings (SSSR count). The number of piperidine rings is 1. The van der Waals surface area contributed by atoms with Gasteiger partial charge in [-0.15, -0.1) is 0 Å². The molecule has 0 aliphatic carbocycles. The summed E-state index contributed by atoms with van der Waals surface area (Å²) in [5.41, 5.74) is 0. The lowest BCUT2D eigenvalue weighted by atomic mass is 9.86. The number of hydrogen-bond acceptors (Lipinski definition) is 1. The summed E-state index contributed by atoms with van der Waals surface area (Å²) in [6.45, 7) is 12.2. The lowest BCUT2D eigenvalue weighted by molar-refractivity contribution is -0.984. The fourth-order valence-corrected chi connectivity index (χ4v) is 3.86. The van der Waals surface area contributed by atoms with Crippen LogP contribution in [0.5, 0.6) is 0 Å². The highest BCUT2D eigenvalue weighted by molar-refractivity contribution is 4.86. The van der Waals surface area contributed by atoms with E-state index in [-0.39, 0.29) is 0 Å². The van der Waals surface area contributed by atoms with Gasteiger partial charge in [-0.3, -0.25) is 4.90 Å². The van der Waals surface area contributed by atoms with Crippen LogP contribution in [0.1, 0.15) is 47.0 Å². The Labute approximate surface area is 101 Å². The topological polar surface area (TPSA) is 3.24 Å². The van der Waals surface area contributed by atoms with Gasteiger partial charge in [0, 0.05) is 18.9 Å². The van der Waals surface area contributed by atoms with Gasteiger partial charge in [-0.1, -0.05) is 0 Å². The predicted octanol–water partition coefficient (Wildman–Crippen LogP) is 2.49. The fraction of sp³-hybridized carbons (Fsp3) is 1.00. The van der Waals surface area contributed by atoms with Crippen LogP contribution in [0.4, 0.5) is 0 Å². The molecule has 16 heavy (non-hydrogen) atoms. The van der Waals surface area contributed by atoms with Gasteiger partial charge in [-0.05, 0) is 34.1 Å². The number of piperazine rings is 1. The molecule has 0 aromatic heterocycles. The summed E-state index contributed by atoms with van der Waals surface area (Å²) in [6, 6.07) is 3.28. The van der Waals surface area contributed by atoms with Gasteiger partial charge >= 0.3 is 0 Å². The Kier molecular flexibility index (Phi) is 3.33. The molecule has 2 heteroatoms. The zero-order chi connectivity index (χ0) is 11.9. The van der Waals surface area contributed by atoms with Crippen LogP contribution in [0.2, 0.25) is 0 Å². The molecule has 2 nitrogen and oxygen atoms in total. The molecule has 0 amide bonds. The van der Waals surface area contributed by atoms with E-state index in [2.05, 4.69) is 39.6 Å². The van der Waals surface area contributed by atoms with Crippen molar-refractivity contribution in [3.63, 3.8) is 0 Å². The largest absolute Gasteiger partial charge is 0.317 e. The second kappa shape index (κ2) is 4.30. The Morgan fingerprint density at radius 1 is 1.00 bits per heavy atom. The average molecular weight is 225 g/mol. The highest BCUT2D eigenvalue weighted by Gasteiger charge is 2.49. The first-order chi connectivity index (χ1) is 7.46. The second-order valence-electron chi connectivity index (χ2n) is 6.60. The molecule has 3 atom stereocenters. The van der Waals surface area contributed by atoms with Crippen molar-refractivity contribution in [2.45, 2.75) is 71.1 Å². The minimum atomic E-state index is 0.726. The summed E-state index contributed by atoms with van der Waals surface area (Å²) in [6.07, 6.45) is 4.34. The van der Waals surface area contributed by atoms with Crippen LogP contribution < -0.4 is 0 Å². The summed E-state index contributed by atoms with van der Waals surface area (Å²) >= 11 is 0. The summed E-state index contributed by atoms with van der Waals surface area (Å²) in [5.74, 6) is 0. The van der Waals surface area contributed by atoms with Crippen LogP contribution in [-0.4, -0.2) is 53.7 Å². The highest BCUT2D eigenvalue weighted by Crippen LogP contribution is 2.37. The smallest absolute Gasteiger partial charge is 0.102 e. The molecule has 0 radical (unpaired) electrons. The standard InChI is InChI=1S/C14H29N2/c1-11(2)15-9-13-7-6-8-14(10-15)16(13,5)12(3)4/h11-14H,6-10H2,1-5H3/q+1/t13-,14+,16?. The molecule has 0 spiro atoms. The second-order valence-corrected chi connectivity index (χ2v) is 6.60. The van der Waals surface area contributed by atoms with Gasteiger partial charge in [-0.2, -0.15) is 0 Å². The quantitative estimate of drug-likeness (QED) is 0.653. The van der Waals surface area contributed by atoms with Crippen LogP contribution in [0, 0.1) is 0 Å². The molecule has 2 fully saturated rings. The summed E-state index contributed by atoms with van der Waals surface area (Å²) in [7, 11) is 2.51. The normalized spacial score (nSPS) is 40.7. The average Bonchev–Trinajstić information content (AvgIpc) is 2.15. The molecule has 2 bridgehead atoms. The first-order valence-electron chi connectivity index (χ1n) is 7.05. The summed E-state index contributed by atoms with van der Waals surface area (Å²) in [5, 5.41) is 0. The van der Waals surface area contributed by atoms with Gasteiger partial charge in [0.1, 0.15) is 12.1 Å². The van der Waals surface area contributed by atoms with E-state index in [1.54, 1.807) is 0 Å². The predicted molar refractivity (Wildman–Crippen MR) is 69.5 cm³/mol. The molecular weight excluding hydrogens is 196 g/mol. The van der Waals surface area contributed by atoms with Crippen LogP contribution in [0.3, 0.4) is 0 Å². The molecule has 94 valence electrons. The zero-order valence-corrected chi connectivity index (χ0v) is 11.7.